The predicted molar refractivity (Wildman–Crippen MR) is 63.4 cm³/mol. The lowest BCUT2D eigenvalue weighted by Crippen LogP contribution is -2.30. The third-order valence-electron chi connectivity index (χ3n) is 2.21. The number of benzene rings is 1. The standard InChI is InChI=1S/C10H11ClN2OS/c11-6-2-1-3-7-9(6)13-10(14)8(15-7)4-5-12/h1-3,8H,4-5,12H2,(H,13,14). The van der Waals surface area contributed by atoms with E-state index in [1.54, 1.807) is 6.07 Å². The van der Waals surface area contributed by atoms with E-state index >= 15 is 0 Å². The molecule has 0 spiro atoms. The maximum atomic E-state index is 11.7. The fourth-order valence-electron chi connectivity index (χ4n) is 1.48. The van der Waals surface area contributed by atoms with Gasteiger partial charge in [0, 0.05) is 4.90 Å². The molecule has 0 saturated heterocycles. The average molecular weight is 243 g/mol. The molecule has 1 aliphatic rings. The molecular weight excluding hydrogens is 232 g/mol. The number of nitrogens with one attached hydrogen (secondary N) is 1. The highest BCUT2D eigenvalue weighted by Gasteiger charge is 2.27. The van der Waals surface area contributed by atoms with Crippen LogP contribution in [0, 0.1) is 0 Å². The highest BCUT2D eigenvalue weighted by atomic mass is 35.5. The van der Waals surface area contributed by atoms with Crippen molar-refractivity contribution in [1.29, 1.82) is 0 Å². The first-order chi connectivity index (χ1) is 7.22. The van der Waals surface area contributed by atoms with E-state index in [9.17, 15) is 4.79 Å². The Kier molecular flexibility index (Phi) is 3.19. The topological polar surface area (TPSA) is 55.1 Å². The van der Waals surface area contributed by atoms with Crippen LogP contribution in [0.15, 0.2) is 23.1 Å². The van der Waals surface area contributed by atoms with Crippen molar-refractivity contribution in [2.45, 2.75) is 16.6 Å². The Morgan fingerprint density at radius 2 is 2.33 bits per heavy atom. The van der Waals surface area contributed by atoms with Crippen molar-refractivity contribution in [3.8, 4) is 0 Å². The van der Waals surface area contributed by atoms with Gasteiger partial charge in [0.15, 0.2) is 0 Å². The quantitative estimate of drug-likeness (QED) is 0.835. The summed E-state index contributed by atoms with van der Waals surface area (Å²) in [6, 6.07) is 5.60. The molecule has 0 aromatic heterocycles. The molecule has 2 rings (SSSR count). The zero-order valence-electron chi connectivity index (χ0n) is 8.00. The maximum Gasteiger partial charge on any atom is 0.237 e. The number of nitrogens with two attached hydrogens (primary N) is 1. The third-order valence-corrected chi connectivity index (χ3v) is 3.86. The van der Waals surface area contributed by atoms with Crippen molar-refractivity contribution in [3.63, 3.8) is 0 Å². The number of halogens is 1. The average Bonchev–Trinajstić information content (AvgIpc) is 2.21. The number of para-hydroxylation sites is 1. The number of anilines is 1. The smallest absolute Gasteiger partial charge is 0.237 e. The van der Waals surface area contributed by atoms with Crippen LogP contribution in [-0.4, -0.2) is 17.7 Å². The summed E-state index contributed by atoms with van der Waals surface area (Å²) < 4.78 is 0. The molecule has 1 unspecified atom stereocenters. The van der Waals surface area contributed by atoms with E-state index in [0.717, 1.165) is 10.6 Å². The number of rotatable bonds is 2. The normalized spacial score (nSPS) is 19.6. The number of fused-ring (bicyclic) bond motifs is 1. The Balaban J connectivity index is 2.30. The SMILES string of the molecule is NCCC1Sc2cccc(Cl)c2NC1=O. The predicted octanol–water partition coefficient (Wildman–Crippen LogP) is 2.10. The van der Waals surface area contributed by atoms with Crippen molar-refractivity contribution < 1.29 is 4.79 Å². The van der Waals surface area contributed by atoms with E-state index in [1.807, 2.05) is 12.1 Å². The molecular formula is C10H11ClN2OS. The molecule has 0 fully saturated rings. The minimum absolute atomic E-state index is 0.00829. The molecule has 1 atom stereocenters. The molecule has 0 aliphatic carbocycles. The van der Waals surface area contributed by atoms with Crippen molar-refractivity contribution >= 4 is 35.0 Å². The summed E-state index contributed by atoms with van der Waals surface area (Å²) in [7, 11) is 0. The van der Waals surface area contributed by atoms with E-state index in [4.69, 9.17) is 17.3 Å². The molecule has 0 bridgehead atoms. The van der Waals surface area contributed by atoms with Gasteiger partial charge in [0.05, 0.1) is 16.0 Å². The molecule has 1 aromatic rings. The molecule has 3 N–H and O–H groups in total. The summed E-state index contributed by atoms with van der Waals surface area (Å²) in [4.78, 5) is 12.7. The second-order valence-electron chi connectivity index (χ2n) is 3.29. The van der Waals surface area contributed by atoms with Crippen LogP contribution in [0.4, 0.5) is 5.69 Å². The Hall–Kier alpha value is -0.710. The van der Waals surface area contributed by atoms with Crippen LogP contribution in [0.1, 0.15) is 6.42 Å². The number of carbonyl (C=O) groups is 1. The van der Waals surface area contributed by atoms with Crippen LogP contribution in [0.3, 0.4) is 0 Å². The van der Waals surface area contributed by atoms with Gasteiger partial charge in [-0.25, -0.2) is 0 Å². The van der Waals surface area contributed by atoms with Crippen molar-refractivity contribution in [2.75, 3.05) is 11.9 Å². The Bertz CT molecular complexity index is 397. The van der Waals surface area contributed by atoms with Gasteiger partial charge in [0.1, 0.15) is 0 Å². The fourth-order valence-corrected chi connectivity index (χ4v) is 2.92. The molecule has 1 heterocycles. The van der Waals surface area contributed by atoms with E-state index < -0.39 is 0 Å². The van der Waals surface area contributed by atoms with Gasteiger partial charge < -0.3 is 11.1 Å². The summed E-state index contributed by atoms with van der Waals surface area (Å²) >= 11 is 7.51. The molecule has 1 aliphatic heterocycles. The minimum atomic E-state index is -0.0963. The van der Waals surface area contributed by atoms with Crippen LogP contribution >= 0.6 is 23.4 Å². The third kappa shape index (κ3) is 2.12. The molecule has 0 radical (unpaired) electrons. The number of hydrogen-bond donors (Lipinski definition) is 2. The maximum absolute atomic E-state index is 11.7. The first kappa shape index (κ1) is 10.8. The summed E-state index contributed by atoms with van der Waals surface area (Å²) in [6.07, 6.45) is 0.683. The summed E-state index contributed by atoms with van der Waals surface area (Å²) in [5, 5.41) is 3.30. The number of thioether (sulfide) groups is 1. The Morgan fingerprint density at radius 1 is 1.53 bits per heavy atom. The highest BCUT2D eigenvalue weighted by Crippen LogP contribution is 2.40. The molecule has 0 saturated carbocycles. The molecule has 1 amide bonds. The first-order valence-corrected chi connectivity index (χ1v) is 5.94. The van der Waals surface area contributed by atoms with E-state index in [-0.39, 0.29) is 11.2 Å². The van der Waals surface area contributed by atoms with Gasteiger partial charge in [-0.3, -0.25) is 4.79 Å². The largest absolute Gasteiger partial charge is 0.330 e. The number of hydrogen-bond acceptors (Lipinski definition) is 3. The zero-order valence-corrected chi connectivity index (χ0v) is 9.57. The second-order valence-corrected chi connectivity index (χ2v) is 4.94. The van der Waals surface area contributed by atoms with E-state index in [0.29, 0.717) is 18.0 Å². The lowest BCUT2D eigenvalue weighted by atomic mass is 10.2. The van der Waals surface area contributed by atoms with Crippen LogP contribution < -0.4 is 11.1 Å². The van der Waals surface area contributed by atoms with Crippen molar-refractivity contribution in [1.82, 2.24) is 0 Å². The highest BCUT2D eigenvalue weighted by molar-refractivity contribution is 8.01. The van der Waals surface area contributed by atoms with Gasteiger partial charge in [-0.15, -0.1) is 11.8 Å². The summed E-state index contributed by atoms with van der Waals surface area (Å²) in [5.41, 5.74) is 6.18. The van der Waals surface area contributed by atoms with Crippen LogP contribution in [0.2, 0.25) is 5.02 Å². The lowest BCUT2D eigenvalue weighted by Gasteiger charge is -2.24. The number of amides is 1. The van der Waals surface area contributed by atoms with Gasteiger partial charge in [-0.1, -0.05) is 17.7 Å². The Morgan fingerprint density at radius 3 is 3.07 bits per heavy atom. The van der Waals surface area contributed by atoms with Gasteiger partial charge in [0.2, 0.25) is 5.91 Å². The van der Waals surface area contributed by atoms with Gasteiger partial charge >= 0.3 is 0 Å². The molecule has 80 valence electrons. The molecule has 5 heteroatoms. The minimum Gasteiger partial charge on any atom is -0.330 e. The number of carbonyl (C=O) groups excluding carboxylic acids is 1. The molecule has 1 aromatic carbocycles. The summed E-state index contributed by atoms with van der Waals surface area (Å²) in [6.45, 7) is 0.515. The molecule has 3 nitrogen and oxygen atoms in total. The van der Waals surface area contributed by atoms with Crippen molar-refractivity contribution in [3.05, 3.63) is 23.2 Å². The Labute approximate surface area is 97.4 Å². The van der Waals surface area contributed by atoms with E-state index in [1.165, 1.54) is 11.8 Å². The first-order valence-electron chi connectivity index (χ1n) is 4.68. The lowest BCUT2D eigenvalue weighted by molar-refractivity contribution is -0.115. The summed E-state index contributed by atoms with van der Waals surface area (Å²) in [5.74, 6) is -0.00829. The van der Waals surface area contributed by atoms with Gasteiger partial charge in [0.25, 0.3) is 0 Å². The zero-order chi connectivity index (χ0) is 10.8. The fraction of sp³-hybridized carbons (Fsp3) is 0.300. The monoisotopic (exact) mass is 242 g/mol. The van der Waals surface area contributed by atoms with Crippen LogP contribution in [0.25, 0.3) is 0 Å². The van der Waals surface area contributed by atoms with E-state index in [2.05, 4.69) is 5.32 Å². The van der Waals surface area contributed by atoms with Gasteiger partial charge in [-0.2, -0.15) is 0 Å². The van der Waals surface area contributed by atoms with Crippen LogP contribution in [0.5, 0.6) is 0 Å². The van der Waals surface area contributed by atoms with Crippen LogP contribution in [-0.2, 0) is 4.79 Å². The second kappa shape index (κ2) is 4.43. The molecule has 15 heavy (non-hydrogen) atoms. The van der Waals surface area contributed by atoms with Crippen molar-refractivity contribution in [2.24, 2.45) is 5.73 Å². The van der Waals surface area contributed by atoms with Gasteiger partial charge in [-0.05, 0) is 25.1 Å².